The van der Waals surface area contributed by atoms with Crippen molar-refractivity contribution in [1.29, 1.82) is 0 Å². The SMILES string of the molecule is CC(C)(C)c1ccc(-n2c(-c3cc(C(C)(C)C)cc(C(C)(C)C)c3O)nc3c(-c4cc5c6ccccc6n6c7c8c(cc9ncnc(c(c4)c56)c97)C(C)(C)CCC8(C)C)cccc32)c(-c2ccccc2)c1. The molecular weight excluding hydrogens is 867 g/mol. The summed E-state index contributed by atoms with van der Waals surface area (Å²) >= 11 is 0. The molecule has 0 spiro atoms. The van der Waals surface area contributed by atoms with E-state index in [4.69, 9.17) is 15.0 Å². The minimum atomic E-state index is -0.335. The van der Waals surface area contributed by atoms with Crippen LogP contribution in [0.2, 0.25) is 0 Å². The van der Waals surface area contributed by atoms with Crippen molar-refractivity contribution in [2.24, 2.45) is 0 Å². The number of pyridine rings is 1. The van der Waals surface area contributed by atoms with Gasteiger partial charge in [-0.15, -0.1) is 0 Å². The molecule has 356 valence electrons. The van der Waals surface area contributed by atoms with E-state index < -0.39 is 0 Å². The molecule has 0 amide bonds. The molecule has 0 saturated heterocycles. The summed E-state index contributed by atoms with van der Waals surface area (Å²) in [5, 5.41) is 17.3. The molecule has 6 heteroatoms. The van der Waals surface area contributed by atoms with Gasteiger partial charge in [-0.1, -0.05) is 163 Å². The van der Waals surface area contributed by atoms with Crippen molar-refractivity contribution in [3.05, 3.63) is 155 Å². The van der Waals surface area contributed by atoms with Gasteiger partial charge in [-0.3, -0.25) is 4.57 Å². The van der Waals surface area contributed by atoms with Crippen molar-refractivity contribution >= 4 is 60.2 Å². The molecule has 7 aromatic carbocycles. The summed E-state index contributed by atoms with van der Waals surface area (Å²) in [5.74, 6) is 0.957. The Morgan fingerprint density at radius 2 is 1.21 bits per heavy atom. The van der Waals surface area contributed by atoms with Crippen LogP contribution < -0.4 is 0 Å². The molecule has 0 atom stereocenters. The van der Waals surface area contributed by atoms with Crippen LogP contribution in [-0.2, 0) is 27.1 Å². The molecule has 11 aromatic rings. The van der Waals surface area contributed by atoms with Gasteiger partial charge in [-0.05, 0) is 122 Å². The zero-order chi connectivity index (χ0) is 49.9. The molecule has 12 rings (SSSR count). The fourth-order valence-corrected chi connectivity index (χ4v) is 12.0. The van der Waals surface area contributed by atoms with E-state index in [9.17, 15) is 5.11 Å². The normalized spacial score (nSPS) is 15.3. The van der Waals surface area contributed by atoms with Gasteiger partial charge in [0.25, 0.3) is 0 Å². The van der Waals surface area contributed by atoms with E-state index >= 15 is 0 Å². The number of phenolic OH excluding ortho intramolecular Hbond substituents is 1. The Labute approximate surface area is 417 Å². The number of hydrogen-bond donors (Lipinski definition) is 1. The average molecular weight is 932 g/mol. The highest BCUT2D eigenvalue weighted by Gasteiger charge is 2.41. The van der Waals surface area contributed by atoms with Crippen molar-refractivity contribution in [3.63, 3.8) is 0 Å². The maximum absolute atomic E-state index is 12.7. The lowest BCUT2D eigenvalue weighted by Crippen LogP contribution is -2.34. The minimum Gasteiger partial charge on any atom is -0.507 e. The number of benzene rings is 7. The summed E-state index contributed by atoms with van der Waals surface area (Å²) in [5.41, 5.74) is 18.8. The van der Waals surface area contributed by atoms with Crippen LogP contribution in [0.25, 0.3) is 99.5 Å². The first kappa shape index (κ1) is 45.1. The van der Waals surface area contributed by atoms with Crippen molar-refractivity contribution in [2.45, 2.75) is 130 Å². The summed E-state index contributed by atoms with van der Waals surface area (Å²) in [4.78, 5) is 16.0. The number of aromatic nitrogens is 5. The Bertz CT molecular complexity index is 3990. The molecule has 4 aromatic heterocycles. The van der Waals surface area contributed by atoms with Crippen molar-refractivity contribution in [1.82, 2.24) is 23.9 Å². The average Bonchev–Trinajstić information content (AvgIpc) is 3.87. The van der Waals surface area contributed by atoms with Gasteiger partial charge in [0.1, 0.15) is 17.9 Å². The minimum absolute atomic E-state index is 0.00343. The summed E-state index contributed by atoms with van der Waals surface area (Å²) in [6.07, 6.45) is 3.99. The second kappa shape index (κ2) is 15.0. The quantitative estimate of drug-likeness (QED) is 0.141. The van der Waals surface area contributed by atoms with E-state index in [2.05, 4.69) is 220 Å². The summed E-state index contributed by atoms with van der Waals surface area (Å²) in [6, 6.07) is 44.6. The van der Waals surface area contributed by atoms with Crippen molar-refractivity contribution in [3.8, 4) is 45.1 Å². The maximum atomic E-state index is 12.7. The molecule has 1 aliphatic carbocycles. The number of imidazole rings is 1. The lowest BCUT2D eigenvalue weighted by Gasteiger charge is -2.42. The molecule has 1 aliphatic rings. The monoisotopic (exact) mass is 932 g/mol. The highest BCUT2D eigenvalue weighted by molar-refractivity contribution is 6.27. The van der Waals surface area contributed by atoms with Gasteiger partial charge < -0.3 is 9.51 Å². The summed E-state index contributed by atoms with van der Waals surface area (Å²) in [6.45, 7) is 29.7. The van der Waals surface area contributed by atoms with E-state index in [-0.39, 0.29) is 32.8 Å². The predicted octanol–water partition coefficient (Wildman–Crippen LogP) is 17.1. The molecule has 1 N–H and O–H groups in total. The third-order valence-corrected chi connectivity index (χ3v) is 16.1. The first-order valence-corrected chi connectivity index (χ1v) is 25.5. The summed E-state index contributed by atoms with van der Waals surface area (Å²) in [7, 11) is 0. The molecule has 6 nitrogen and oxygen atoms in total. The highest BCUT2D eigenvalue weighted by atomic mass is 16.3. The number of rotatable bonds is 4. The Morgan fingerprint density at radius 3 is 1.94 bits per heavy atom. The van der Waals surface area contributed by atoms with Crippen LogP contribution in [0, 0.1) is 0 Å². The smallest absolute Gasteiger partial charge is 0.149 e. The first-order chi connectivity index (χ1) is 33.5. The molecular formula is C65H65N5O. The van der Waals surface area contributed by atoms with Gasteiger partial charge in [0.2, 0.25) is 0 Å². The topological polar surface area (TPSA) is 68.2 Å². The molecule has 4 heterocycles. The van der Waals surface area contributed by atoms with Crippen LogP contribution in [0.5, 0.6) is 5.75 Å². The van der Waals surface area contributed by atoms with Gasteiger partial charge in [0, 0.05) is 32.8 Å². The standard InChI is InChI=1S/C65H65N5O/c1-61(2,3)39-26-27-51(43(32-39)37-20-15-14-16-21-37)69-52-25-19-23-41(55(52)68-60(69)46-33-40(62(4,5)6)34-48(59(46)71)63(7,8)9)38-30-44-42-22-17-18-24-50(42)70-57(44)45(31-38)56-53-49(66-36-67-56)35-47-54(58(53)70)65(12,13)29-28-64(47,10)11/h14-27,30-36,71H,28-29H2,1-13H3. The molecule has 71 heavy (non-hydrogen) atoms. The summed E-state index contributed by atoms with van der Waals surface area (Å²) < 4.78 is 4.87. The maximum Gasteiger partial charge on any atom is 0.149 e. The van der Waals surface area contributed by atoms with Crippen LogP contribution in [0.3, 0.4) is 0 Å². The van der Waals surface area contributed by atoms with E-state index in [1.807, 2.05) is 0 Å². The predicted molar refractivity (Wildman–Crippen MR) is 298 cm³/mol. The van der Waals surface area contributed by atoms with Crippen LogP contribution in [0.1, 0.15) is 131 Å². The largest absolute Gasteiger partial charge is 0.507 e. The van der Waals surface area contributed by atoms with Crippen LogP contribution in [0.15, 0.2) is 128 Å². The van der Waals surface area contributed by atoms with E-state index in [0.29, 0.717) is 11.4 Å². The van der Waals surface area contributed by atoms with Crippen LogP contribution in [-0.4, -0.2) is 29.0 Å². The van der Waals surface area contributed by atoms with Crippen LogP contribution in [0.4, 0.5) is 0 Å². The fourth-order valence-electron chi connectivity index (χ4n) is 12.0. The number of nitrogens with zero attached hydrogens (tertiary/aromatic N) is 5. The Kier molecular flexibility index (Phi) is 9.52. The number of hydrogen-bond acceptors (Lipinski definition) is 4. The second-order valence-electron chi connectivity index (χ2n) is 25.0. The third kappa shape index (κ3) is 6.76. The zero-order valence-corrected chi connectivity index (χ0v) is 43.7. The van der Waals surface area contributed by atoms with Gasteiger partial charge in [0.15, 0.2) is 0 Å². The van der Waals surface area contributed by atoms with Gasteiger partial charge >= 0.3 is 0 Å². The number of fused-ring (bicyclic) bond motifs is 8. The molecule has 0 bridgehead atoms. The molecule has 0 fully saturated rings. The Hall–Kier alpha value is -7.05. The number of phenols is 1. The molecule has 0 aliphatic heterocycles. The Balaban J connectivity index is 1.22. The lowest BCUT2D eigenvalue weighted by molar-refractivity contribution is 0.334. The molecule has 0 radical (unpaired) electrons. The fraction of sp³-hybridized carbons (Fsp3) is 0.308. The molecule has 0 unspecified atom stereocenters. The molecule has 0 saturated carbocycles. The van der Waals surface area contributed by atoms with Gasteiger partial charge in [-0.25, -0.2) is 15.0 Å². The number of para-hydroxylation sites is 2. The van der Waals surface area contributed by atoms with Gasteiger partial charge in [-0.2, -0.15) is 0 Å². The Morgan fingerprint density at radius 1 is 0.535 bits per heavy atom. The van der Waals surface area contributed by atoms with E-state index in [1.54, 1.807) is 6.33 Å². The van der Waals surface area contributed by atoms with E-state index in [0.717, 1.165) is 84.7 Å². The van der Waals surface area contributed by atoms with Crippen molar-refractivity contribution < 1.29 is 5.11 Å². The second-order valence-corrected chi connectivity index (χ2v) is 25.0. The van der Waals surface area contributed by atoms with Crippen molar-refractivity contribution in [2.75, 3.05) is 0 Å². The first-order valence-electron chi connectivity index (χ1n) is 25.5. The highest BCUT2D eigenvalue weighted by Crippen LogP contribution is 2.53. The third-order valence-electron chi connectivity index (χ3n) is 16.1. The van der Waals surface area contributed by atoms with Gasteiger partial charge in [0.05, 0.1) is 55.3 Å². The number of aromatic hydroxyl groups is 1. The zero-order valence-electron chi connectivity index (χ0n) is 43.7. The lowest BCUT2D eigenvalue weighted by atomic mass is 9.62. The van der Waals surface area contributed by atoms with Crippen LogP contribution >= 0.6 is 0 Å². The van der Waals surface area contributed by atoms with E-state index in [1.165, 1.54) is 44.0 Å².